The fourth-order valence-electron chi connectivity index (χ4n) is 1.88. The van der Waals surface area contributed by atoms with E-state index in [1.165, 1.54) is 0 Å². The van der Waals surface area contributed by atoms with E-state index in [9.17, 15) is 9.59 Å². The molecule has 1 aliphatic carbocycles. The van der Waals surface area contributed by atoms with Crippen LogP contribution in [0, 0.1) is 5.92 Å². The predicted molar refractivity (Wildman–Crippen MR) is 76.5 cm³/mol. The Balaban J connectivity index is 1.92. The highest BCUT2D eigenvalue weighted by molar-refractivity contribution is 9.10. The van der Waals surface area contributed by atoms with E-state index in [-0.39, 0.29) is 5.92 Å². The zero-order chi connectivity index (χ0) is 14.7. The van der Waals surface area contributed by atoms with Gasteiger partial charge in [-0.15, -0.1) is 0 Å². The molecule has 20 heavy (non-hydrogen) atoms. The lowest BCUT2D eigenvalue weighted by Crippen LogP contribution is -2.47. The monoisotopic (exact) mass is 341 g/mol. The van der Waals surface area contributed by atoms with Crippen molar-refractivity contribution in [2.45, 2.75) is 31.9 Å². The van der Waals surface area contributed by atoms with Crippen LogP contribution in [0.3, 0.4) is 0 Å². The molecule has 2 unspecified atom stereocenters. The van der Waals surface area contributed by atoms with Crippen molar-refractivity contribution in [3.8, 4) is 5.75 Å². The van der Waals surface area contributed by atoms with Crippen LogP contribution in [0.5, 0.6) is 5.75 Å². The molecule has 0 heterocycles. The minimum atomic E-state index is -0.990. The normalized spacial score (nSPS) is 17.1. The maximum absolute atomic E-state index is 12.0. The van der Waals surface area contributed by atoms with E-state index in [0.29, 0.717) is 5.75 Å². The average Bonchev–Trinajstić information content (AvgIpc) is 3.19. The Morgan fingerprint density at radius 2 is 2.15 bits per heavy atom. The second-order valence-corrected chi connectivity index (χ2v) is 5.80. The van der Waals surface area contributed by atoms with Crippen LogP contribution in [-0.2, 0) is 9.59 Å². The molecule has 0 bridgehead atoms. The number of rotatable bonds is 6. The molecule has 5 nitrogen and oxygen atoms in total. The lowest BCUT2D eigenvalue weighted by molar-refractivity contribution is -0.143. The number of aliphatic carboxylic acids is 1. The summed E-state index contributed by atoms with van der Waals surface area (Å²) in [7, 11) is 0. The highest BCUT2D eigenvalue weighted by atomic mass is 79.9. The summed E-state index contributed by atoms with van der Waals surface area (Å²) in [6.45, 7) is 1.60. The van der Waals surface area contributed by atoms with E-state index < -0.39 is 24.0 Å². The van der Waals surface area contributed by atoms with Crippen molar-refractivity contribution in [2.24, 2.45) is 5.92 Å². The van der Waals surface area contributed by atoms with Gasteiger partial charge in [0.15, 0.2) is 6.10 Å². The number of nitrogens with one attached hydrogen (secondary N) is 1. The van der Waals surface area contributed by atoms with Crippen molar-refractivity contribution in [1.82, 2.24) is 5.32 Å². The summed E-state index contributed by atoms with van der Waals surface area (Å²) in [4.78, 5) is 23.0. The molecule has 0 aromatic heterocycles. The first-order chi connectivity index (χ1) is 9.47. The maximum Gasteiger partial charge on any atom is 0.326 e. The number of hydrogen-bond acceptors (Lipinski definition) is 3. The molecule has 108 valence electrons. The molecule has 1 fully saturated rings. The third-order valence-corrected chi connectivity index (χ3v) is 3.63. The summed E-state index contributed by atoms with van der Waals surface area (Å²) in [5, 5.41) is 11.6. The molecule has 1 amide bonds. The second kappa shape index (κ2) is 6.26. The first kappa shape index (κ1) is 14.8. The van der Waals surface area contributed by atoms with Gasteiger partial charge < -0.3 is 15.2 Å². The van der Waals surface area contributed by atoms with Crippen molar-refractivity contribution in [2.75, 3.05) is 0 Å². The number of carbonyl (C=O) groups excluding carboxylic acids is 1. The number of halogens is 1. The fraction of sp³-hybridized carbons (Fsp3) is 0.429. The fourth-order valence-corrected chi connectivity index (χ4v) is 2.26. The number of amides is 1. The van der Waals surface area contributed by atoms with Crippen molar-refractivity contribution in [3.63, 3.8) is 0 Å². The third-order valence-electron chi connectivity index (χ3n) is 3.14. The van der Waals surface area contributed by atoms with Crippen LogP contribution < -0.4 is 10.1 Å². The van der Waals surface area contributed by atoms with Crippen molar-refractivity contribution < 1.29 is 19.4 Å². The molecule has 0 spiro atoms. The van der Waals surface area contributed by atoms with E-state index in [0.717, 1.165) is 17.3 Å². The maximum atomic E-state index is 12.0. The molecule has 0 saturated heterocycles. The van der Waals surface area contributed by atoms with E-state index in [2.05, 4.69) is 21.2 Å². The van der Waals surface area contributed by atoms with Gasteiger partial charge in [-0.1, -0.05) is 22.0 Å². The smallest absolute Gasteiger partial charge is 0.326 e. The molecule has 1 aromatic rings. The SMILES string of the molecule is CC(Oc1cccc(Br)c1)C(=O)NC(C(=O)O)C1CC1. The van der Waals surface area contributed by atoms with Crippen molar-refractivity contribution in [3.05, 3.63) is 28.7 Å². The zero-order valence-electron chi connectivity index (χ0n) is 11.0. The summed E-state index contributed by atoms with van der Waals surface area (Å²) < 4.78 is 6.35. The number of hydrogen-bond donors (Lipinski definition) is 2. The van der Waals surface area contributed by atoms with Gasteiger partial charge >= 0.3 is 5.97 Å². The number of carbonyl (C=O) groups is 2. The lowest BCUT2D eigenvalue weighted by atomic mass is 10.2. The van der Waals surface area contributed by atoms with E-state index >= 15 is 0 Å². The van der Waals surface area contributed by atoms with E-state index in [4.69, 9.17) is 9.84 Å². The largest absolute Gasteiger partial charge is 0.481 e. The van der Waals surface area contributed by atoms with Crippen LogP contribution in [0.1, 0.15) is 19.8 Å². The Hall–Kier alpha value is -1.56. The van der Waals surface area contributed by atoms with Gasteiger partial charge in [0.1, 0.15) is 11.8 Å². The Bertz CT molecular complexity index is 516. The molecule has 2 N–H and O–H groups in total. The summed E-state index contributed by atoms with van der Waals surface area (Å²) >= 11 is 3.32. The minimum Gasteiger partial charge on any atom is -0.481 e. The quantitative estimate of drug-likeness (QED) is 0.831. The predicted octanol–water partition coefficient (Wildman–Crippen LogP) is 2.20. The van der Waals surface area contributed by atoms with Gasteiger partial charge in [-0.2, -0.15) is 0 Å². The van der Waals surface area contributed by atoms with Crippen LogP contribution in [0.4, 0.5) is 0 Å². The van der Waals surface area contributed by atoms with Gasteiger partial charge in [0.25, 0.3) is 5.91 Å². The van der Waals surface area contributed by atoms with Crippen LogP contribution in [0.2, 0.25) is 0 Å². The summed E-state index contributed by atoms with van der Waals surface area (Å²) in [5.41, 5.74) is 0. The summed E-state index contributed by atoms with van der Waals surface area (Å²) in [6, 6.07) is 6.33. The third kappa shape index (κ3) is 3.96. The molecule has 2 atom stereocenters. The van der Waals surface area contributed by atoms with Gasteiger partial charge in [-0.3, -0.25) is 4.79 Å². The minimum absolute atomic E-state index is 0.0505. The highest BCUT2D eigenvalue weighted by Crippen LogP contribution is 2.32. The first-order valence-electron chi connectivity index (χ1n) is 6.43. The van der Waals surface area contributed by atoms with Crippen LogP contribution in [0.15, 0.2) is 28.7 Å². The first-order valence-corrected chi connectivity index (χ1v) is 7.22. The summed E-state index contributed by atoms with van der Waals surface area (Å²) in [6.07, 6.45) is 0.945. The van der Waals surface area contributed by atoms with Gasteiger partial charge in [0.2, 0.25) is 0 Å². The number of carboxylic acid groups (broad SMARTS) is 1. The Morgan fingerprint density at radius 1 is 1.45 bits per heavy atom. The molecule has 2 rings (SSSR count). The average molecular weight is 342 g/mol. The highest BCUT2D eigenvalue weighted by Gasteiger charge is 2.38. The second-order valence-electron chi connectivity index (χ2n) is 4.88. The van der Waals surface area contributed by atoms with Crippen LogP contribution in [-0.4, -0.2) is 29.1 Å². The molecule has 0 aliphatic heterocycles. The van der Waals surface area contributed by atoms with Crippen molar-refractivity contribution >= 4 is 27.8 Å². The number of ether oxygens (including phenoxy) is 1. The van der Waals surface area contributed by atoms with Crippen LogP contribution >= 0.6 is 15.9 Å². The number of carboxylic acids is 1. The lowest BCUT2D eigenvalue weighted by Gasteiger charge is -2.18. The molecule has 1 saturated carbocycles. The van der Waals surface area contributed by atoms with Crippen molar-refractivity contribution in [1.29, 1.82) is 0 Å². The van der Waals surface area contributed by atoms with Crippen LogP contribution in [0.25, 0.3) is 0 Å². The molecule has 0 radical (unpaired) electrons. The standard InChI is InChI=1S/C14H16BrNO4/c1-8(20-11-4-2-3-10(15)7-11)13(17)16-12(14(18)19)9-5-6-9/h2-4,7-9,12H,5-6H2,1H3,(H,16,17)(H,18,19). The molecule has 1 aliphatic rings. The van der Waals surface area contributed by atoms with E-state index in [1.54, 1.807) is 25.1 Å². The summed E-state index contributed by atoms with van der Waals surface area (Å²) in [5.74, 6) is -0.797. The number of benzene rings is 1. The van der Waals surface area contributed by atoms with Gasteiger partial charge in [0.05, 0.1) is 0 Å². The molecular formula is C14H16BrNO4. The van der Waals surface area contributed by atoms with Gasteiger partial charge in [-0.25, -0.2) is 4.79 Å². The van der Waals surface area contributed by atoms with E-state index in [1.807, 2.05) is 6.07 Å². The topological polar surface area (TPSA) is 75.6 Å². The Kier molecular flexibility index (Phi) is 4.65. The Morgan fingerprint density at radius 3 is 2.70 bits per heavy atom. The molecule has 1 aromatic carbocycles. The zero-order valence-corrected chi connectivity index (χ0v) is 12.6. The Labute approximate surface area is 125 Å². The van der Waals surface area contributed by atoms with Gasteiger partial charge in [-0.05, 0) is 43.9 Å². The molecule has 6 heteroatoms. The molecular weight excluding hydrogens is 326 g/mol. The van der Waals surface area contributed by atoms with Gasteiger partial charge in [0, 0.05) is 4.47 Å².